The number of benzene rings is 1. The van der Waals surface area contributed by atoms with Crippen molar-refractivity contribution in [2.45, 2.75) is 19.8 Å². The topological polar surface area (TPSA) is 38.7 Å². The van der Waals surface area contributed by atoms with Crippen LogP contribution in [-0.2, 0) is 9.22 Å². The van der Waals surface area contributed by atoms with Gasteiger partial charge in [-0.25, -0.2) is 0 Å². The number of hydrogen-bond donors (Lipinski definition) is 0. The third kappa shape index (κ3) is 4.55. The molecule has 0 atom stereocenters. The monoisotopic (exact) mass is 218 g/mol. The molecule has 0 spiro atoms. The lowest BCUT2D eigenvalue weighted by Crippen LogP contribution is -2.03. The summed E-state index contributed by atoms with van der Waals surface area (Å²) in [4.78, 5) is 15.2. The summed E-state index contributed by atoms with van der Waals surface area (Å²) in [6, 6.07) is 9.64. The minimum atomic E-state index is -0.283. The van der Waals surface area contributed by atoms with Crippen molar-refractivity contribution < 1.29 is 9.22 Å². The molecule has 0 amide bonds. The number of carbonyl (C=O) groups excluding carboxylic acids is 1. The second-order valence-electron chi connectivity index (χ2n) is 3.16. The maximum absolute atomic E-state index is 10.8. The van der Waals surface area contributed by atoms with Crippen LogP contribution >= 0.6 is 0 Å². The van der Waals surface area contributed by atoms with Crippen molar-refractivity contribution in [3.63, 3.8) is 0 Å². The summed E-state index contributed by atoms with van der Waals surface area (Å²) >= 11 is 0. The van der Waals surface area contributed by atoms with Crippen LogP contribution in [0.1, 0.15) is 19.8 Å². The predicted octanol–water partition coefficient (Wildman–Crippen LogP) is 2.19. The van der Waals surface area contributed by atoms with Crippen molar-refractivity contribution in [2.75, 3.05) is 0 Å². The molecule has 0 unspecified atom stereocenters. The molecule has 0 aliphatic carbocycles. The highest BCUT2D eigenvalue weighted by Gasteiger charge is 2.01. The second kappa shape index (κ2) is 6.13. The predicted molar refractivity (Wildman–Crippen MR) is 60.3 cm³/mol. The van der Waals surface area contributed by atoms with E-state index in [1.807, 2.05) is 37.3 Å². The van der Waals surface area contributed by atoms with Gasteiger partial charge < -0.3 is 4.43 Å². The Kier molecular flexibility index (Phi) is 4.76. The van der Waals surface area contributed by atoms with Gasteiger partial charge in [0.05, 0.1) is 5.69 Å². The average Bonchev–Trinajstić information content (AvgIpc) is 2.27. The van der Waals surface area contributed by atoms with Gasteiger partial charge in [0.15, 0.2) is 0 Å². The smallest absolute Gasteiger partial charge is 0.345 e. The maximum atomic E-state index is 10.8. The number of carbonyl (C=O) groups is 1. The molecule has 77 valence electrons. The number of hydrogen-bond acceptors (Lipinski definition) is 3. The molecule has 0 bridgehead atoms. The molecule has 3 radical (unpaired) electrons. The van der Waals surface area contributed by atoms with Crippen LogP contribution < -0.4 is 0 Å². The minimum absolute atomic E-state index is 0.283. The Morgan fingerprint density at radius 1 is 1.33 bits per heavy atom. The van der Waals surface area contributed by atoms with Gasteiger partial charge in [-0.3, -0.25) is 9.79 Å². The van der Waals surface area contributed by atoms with Crippen LogP contribution in [0.5, 0.6) is 0 Å². The summed E-state index contributed by atoms with van der Waals surface area (Å²) in [6.45, 7) is 1.90. The lowest BCUT2D eigenvalue weighted by Gasteiger charge is -2.00. The van der Waals surface area contributed by atoms with Gasteiger partial charge in [-0.1, -0.05) is 18.2 Å². The highest BCUT2D eigenvalue weighted by molar-refractivity contribution is 6.05. The van der Waals surface area contributed by atoms with Crippen molar-refractivity contribution in [2.24, 2.45) is 4.99 Å². The Hall–Kier alpha value is -1.42. The van der Waals surface area contributed by atoms with Crippen LogP contribution in [-0.4, -0.2) is 22.2 Å². The first-order valence-corrected chi connectivity index (χ1v) is 5.09. The summed E-state index contributed by atoms with van der Waals surface area (Å²) in [5.41, 5.74) is 1.82. The SMILES string of the molecule is CC(CCC(=O)O[Si])=Nc1ccccc1. The van der Waals surface area contributed by atoms with Crippen molar-refractivity contribution in [1.82, 2.24) is 0 Å². The minimum Gasteiger partial charge on any atom is -0.516 e. The largest absolute Gasteiger partial charge is 0.516 e. The van der Waals surface area contributed by atoms with Gasteiger partial charge in [0, 0.05) is 12.1 Å². The van der Waals surface area contributed by atoms with E-state index in [1.54, 1.807) is 0 Å². The standard InChI is InChI=1S/C11H12NO2Si/c1-9(7-8-11(13)14-15)12-10-5-3-2-4-6-10/h2-6H,7-8H2,1H3. The zero-order valence-electron chi connectivity index (χ0n) is 8.56. The Morgan fingerprint density at radius 2 is 2.00 bits per heavy atom. The molecular weight excluding hydrogens is 206 g/mol. The lowest BCUT2D eigenvalue weighted by molar-refractivity contribution is -0.133. The van der Waals surface area contributed by atoms with E-state index in [0.29, 0.717) is 12.8 Å². The molecule has 0 aliphatic rings. The maximum Gasteiger partial charge on any atom is 0.345 e. The first kappa shape index (κ1) is 11.7. The molecular formula is C11H12NO2Si. The molecule has 1 aromatic rings. The Bertz CT molecular complexity index is 349. The molecule has 1 aromatic carbocycles. The molecule has 0 heterocycles. The van der Waals surface area contributed by atoms with Crippen molar-refractivity contribution in [3.05, 3.63) is 30.3 Å². The van der Waals surface area contributed by atoms with Gasteiger partial charge in [-0.2, -0.15) is 0 Å². The van der Waals surface area contributed by atoms with E-state index in [0.717, 1.165) is 11.4 Å². The summed E-state index contributed by atoms with van der Waals surface area (Å²) < 4.78 is 4.36. The van der Waals surface area contributed by atoms with Crippen molar-refractivity contribution in [3.8, 4) is 0 Å². The first-order valence-electron chi connectivity index (χ1n) is 4.68. The fourth-order valence-electron chi connectivity index (χ4n) is 1.11. The Morgan fingerprint density at radius 3 is 2.60 bits per heavy atom. The zero-order valence-corrected chi connectivity index (χ0v) is 9.56. The summed E-state index contributed by atoms with van der Waals surface area (Å²) in [6.07, 6.45) is 0.948. The van der Waals surface area contributed by atoms with Gasteiger partial charge in [0.2, 0.25) is 0 Å². The fourth-order valence-corrected chi connectivity index (χ4v) is 1.21. The molecule has 15 heavy (non-hydrogen) atoms. The van der Waals surface area contributed by atoms with E-state index in [1.165, 1.54) is 0 Å². The molecule has 0 aliphatic heterocycles. The lowest BCUT2D eigenvalue weighted by atomic mass is 10.2. The van der Waals surface area contributed by atoms with Gasteiger partial charge in [0.25, 0.3) is 5.97 Å². The summed E-state index contributed by atoms with van der Waals surface area (Å²) in [5, 5.41) is 0. The van der Waals surface area contributed by atoms with E-state index >= 15 is 0 Å². The normalized spacial score (nSPS) is 11.2. The second-order valence-corrected chi connectivity index (χ2v) is 3.36. The number of para-hydroxylation sites is 1. The van der Waals surface area contributed by atoms with Crippen LogP contribution in [0, 0.1) is 0 Å². The summed E-state index contributed by atoms with van der Waals surface area (Å²) in [5.74, 6) is -0.283. The zero-order chi connectivity index (χ0) is 11.1. The number of nitrogens with zero attached hydrogens (tertiary/aromatic N) is 1. The van der Waals surface area contributed by atoms with Crippen LogP contribution in [0.3, 0.4) is 0 Å². The van der Waals surface area contributed by atoms with Crippen LogP contribution in [0.2, 0.25) is 0 Å². The van der Waals surface area contributed by atoms with Gasteiger partial charge in [-0.05, 0) is 25.5 Å². The van der Waals surface area contributed by atoms with E-state index in [4.69, 9.17) is 0 Å². The molecule has 0 fully saturated rings. The highest BCUT2D eigenvalue weighted by Crippen LogP contribution is 2.11. The van der Waals surface area contributed by atoms with E-state index < -0.39 is 0 Å². The fraction of sp³-hybridized carbons (Fsp3) is 0.273. The van der Waals surface area contributed by atoms with Crippen molar-refractivity contribution >= 4 is 27.9 Å². The Balaban J connectivity index is 2.50. The summed E-state index contributed by atoms with van der Waals surface area (Å²) in [7, 11) is 2.69. The molecule has 0 saturated heterocycles. The van der Waals surface area contributed by atoms with E-state index in [-0.39, 0.29) is 5.97 Å². The van der Waals surface area contributed by atoms with Gasteiger partial charge >= 0.3 is 10.5 Å². The van der Waals surface area contributed by atoms with Crippen molar-refractivity contribution in [1.29, 1.82) is 0 Å². The van der Waals surface area contributed by atoms with Crippen LogP contribution in [0.4, 0.5) is 5.69 Å². The van der Waals surface area contributed by atoms with E-state index in [2.05, 4.69) is 19.9 Å². The first-order chi connectivity index (χ1) is 7.22. The third-order valence-electron chi connectivity index (χ3n) is 1.88. The van der Waals surface area contributed by atoms with Crippen LogP contribution in [0.25, 0.3) is 0 Å². The molecule has 3 nitrogen and oxygen atoms in total. The molecule has 0 N–H and O–H groups in total. The third-order valence-corrected chi connectivity index (χ3v) is 2.11. The van der Waals surface area contributed by atoms with E-state index in [9.17, 15) is 4.79 Å². The molecule has 0 saturated carbocycles. The van der Waals surface area contributed by atoms with Crippen LogP contribution in [0.15, 0.2) is 35.3 Å². The molecule has 0 aromatic heterocycles. The Labute approximate surface area is 92.7 Å². The quantitative estimate of drug-likeness (QED) is 0.574. The average molecular weight is 218 g/mol. The highest BCUT2D eigenvalue weighted by atomic mass is 28.2. The number of aliphatic imine (C=N–C) groups is 1. The number of rotatable bonds is 4. The molecule has 1 rings (SSSR count). The van der Waals surface area contributed by atoms with Gasteiger partial charge in [0.1, 0.15) is 0 Å². The van der Waals surface area contributed by atoms with Gasteiger partial charge in [-0.15, -0.1) is 0 Å². The molecule has 4 heteroatoms.